The van der Waals surface area contributed by atoms with Crippen molar-refractivity contribution < 1.29 is 9.50 Å². The molecule has 0 fully saturated rings. The smallest absolute Gasteiger partial charge is 0.128 e. The maximum atomic E-state index is 13.5. The number of hydrogen-bond acceptors (Lipinski definition) is 2. The number of nitrogens with one attached hydrogen (secondary N) is 1. The van der Waals surface area contributed by atoms with Crippen molar-refractivity contribution in [2.75, 3.05) is 6.61 Å². The average molecular weight is 290 g/mol. The minimum atomic E-state index is -0.209. The second-order valence-corrected chi connectivity index (χ2v) is 4.88. The van der Waals surface area contributed by atoms with Crippen molar-refractivity contribution in [3.8, 4) is 0 Å². The number of aliphatic hydroxyl groups is 1. The normalized spacial score (nSPS) is 14.8. The van der Waals surface area contributed by atoms with Crippen molar-refractivity contribution in [2.45, 2.75) is 32.4 Å². The summed E-state index contributed by atoms with van der Waals surface area (Å²) in [4.78, 5) is 0. The molecule has 2 N–H and O–H groups in total. The van der Waals surface area contributed by atoms with Crippen LogP contribution in [0.3, 0.4) is 0 Å². The zero-order valence-corrected chi connectivity index (χ0v) is 11.1. The van der Waals surface area contributed by atoms with Gasteiger partial charge in [0.1, 0.15) is 5.82 Å². The summed E-state index contributed by atoms with van der Waals surface area (Å²) in [7, 11) is 0. The zero-order chi connectivity index (χ0) is 12.1. The SMILES string of the molecule is CC(N[C@H](C)CCO)c1cc(Br)ccc1F. The van der Waals surface area contributed by atoms with Crippen LogP contribution >= 0.6 is 15.9 Å². The van der Waals surface area contributed by atoms with Gasteiger partial charge in [-0.2, -0.15) is 0 Å². The molecule has 1 aromatic carbocycles. The second kappa shape index (κ2) is 6.33. The first-order chi connectivity index (χ1) is 7.54. The molecule has 2 nitrogen and oxygen atoms in total. The van der Waals surface area contributed by atoms with Crippen molar-refractivity contribution >= 4 is 15.9 Å². The van der Waals surface area contributed by atoms with Crippen molar-refractivity contribution in [2.24, 2.45) is 0 Å². The van der Waals surface area contributed by atoms with E-state index in [2.05, 4.69) is 21.2 Å². The van der Waals surface area contributed by atoms with E-state index >= 15 is 0 Å². The van der Waals surface area contributed by atoms with Gasteiger partial charge in [-0.25, -0.2) is 4.39 Å². The molecule has 0 aliphatic rings. The van der Waals surface area contributed by atoms with Gasteiger partial charge in [-0.1, -0.05) is 15.9 Å². The Balaban J connectivity index is 2.72. The first kappa shape index (κ1) is 13.6. The van der Waals surface area contributed by atoms with Crippen molar-refractivity contribution in [1.29, 1.82) is 0 Å². The molecule has 2 atom stereocenters. The monoisotopic (exact) mass is 289 g/mol. The van der Waals surface area contributed by atoms with Crippen LogP contribution in [0.2, 0.25) is 0 Å². The lowest BCUT2D eigenvalue weighted by atomic mass is 10.1. The van der Waals surface area contributed by atoms with Gasteiger partial charge in [0.25, 0.3) is 0 Å². The largest absolute Gasteiger partial charge is 0.396 e. The summed E-state index contributed by atoms with van der Waals surface area (Å²) >= 11 is 3.33. The molecule has 0 aliphatic carbocycles. The van der Waals surface area contributed by atoms with Crippen molar-refractivity contribution in [1.82, 2.24) is 5.32 Å². The highest BCUT2D eigenvalue weighted by molar-refractivity contribution is 9.10. The summed E-state index contributed by atoms with van der Waals surface area (Å²) in [6, 6.07) is 5.01. The molecule has 16 heavy (non-hydrogen) atoms. The van der Waals surface area contributed by atoms with Crippen LogP contribution in [0, 0.1) is 5.82 Å². The molecular weight excluding hydrogens is 273 g/mol. The first-order valence-corrected chi connectivity index (χ1v) is 6.15. The predicted octanol–water partition coefficient (Wildman–Crippen LogP) is 3.01. The fraction of sp³-hybridized carbons (Fsp3) is 0.500. The quantitative estimate of drug-likeness (QED) is 0.873. The number of benzene rings is 1. The van der Waals surface area contributed by atoms with Crippen LogP contribution in [0.15, 0.2) is 22.7 Å². The molecule has 4 heteroatoms. The standard InChI is InChI=1S/C12H17BrFNO/c1-8(5-6-16)15-9(2)11-7-10(13)3-4-12(11)14/h3-4,7-9,15-16H,5-6H2,1-2H3/t8-,9?/m1/s1. The van der Waals surface area contributed by atoms with Crippen molar-refractivity contribution in [3.63, 3.8) is 0 Å². The molecule has 0 saturated heterocycles. The van der Waals surface area contributed by atoms with Crippen LogP contribution in [-0.4, -0.2) is 17.8 Å². The van der Waals surface area contributed by atoms with Crippen LogP contribution in [-0.2, 0) is 0 Å². The highest BCUT2D eigenvalue weighted by Gasteiger charge is 2.13. The van der Waals surface area contributed by atoms with E-state index in [1.54, 1.807) is 12.1 Å². The number of aliphatic hydroxyl groups excluding tert-OH is 1. The summed E-state index contributed by atoms with van der Waals surface area (Å²) in [5.41, 5.74) is 0.638. The molecule has 0 heterocycles. The molecule has 1 aromatic rings. The second-order valence-electron chi connectivity index (χ2n) is 3.97. The fourth-order valence-corrected chi connectivity index (χ4v) is 2.02. The lowest BCUT2D eigenvalue weighted by Gasteiger charge is -2.20. The maximum Gasteiger partial charge on any atom is 0.128 e. The first-order valence-electron chi connectivity index (χ1n) is 5.36. The predicted molar refractivity (Wildman–Crippen MR) is 66.8 cm³/mol. The van der Waals surface area contributed by atoms with E-state index in [9.17, 15) is 4.39 Å². The minimum absolute atomic E-state index is 0.0703. The summed E-state index contributed by atoms with van der Waals surface area (Å²) < 4.78 is 14.4. The third kappa shape index (κ3) is 3.85. The Bertz CT molecular complexity index is 346. The summed E-state index contributed by atoms with van der Waals surface area (Å²) in [5.74, 6) is -0.209. The lowest BCUT2D eigenvalue weighted by Crippen LogP contribution is -2.30. The van der Waals surface area contributed by atoms with E-state index in [-0.39, 0.29) is 24.5 Å². The molecule has 0 aliphatic heterocycles. The Morgan fingerprint density at radius 1 is 1.44 bits per heavy atom. The van der Waals surface area contributed by atoms with E-state index in [1.165, 1.54) is 6.07 Å². The molecule has 0 spiro atoms. The van der Waals surface area contributed by atoms with Gasteiger partial charge in [0, 0.05) is 28.7 Å². The molecule has 1 rings (SSSR count). The van der Waals surface area contributed by atoms with Crippen LogP contribution < -0.4 is 5.32 Å². The van der Waals surface area contributed by atoms with Crippen LogP contribution in [0.5, 0.6) is 0 Å². The molecule has 90 valence electrons. The van der Waals surface area contributed by atoms with Gasteiger partial charge in [0.05, 0.1) is 0 Å². The van der Waals surface area contributed by atoms with E-state index in [4.69, 9.17) is 5.11 Å². The molecule has 0 aromatic heterocycles. The van der Waals surface area contributed by atoms with E-state index in [0.29, 0.717) is 12.0 Å². The Labute approximate surface area is 104 Å². The van der Waals surface area contributed by atoms with Crippen LogP contribution in [0.4, 0.5) is 4.39 Å². The summed E-state index contributed by atoms with van der Waals surface area (Å²) in [6.45, 7) is 4.03. The summed E-state index contributed by atoms with van der Waals surface area (Å²) in [5, 5.41) is 12.0. The van der Waals surface area contributed by atoms with Gasteiger partial charge < -0.3 is 10.4 Å². The van der Waals surface area contributed by atoms with E-state index in [1.807, 2.05) is 13.8 Å². The third-order valence-electron chi connectivity index (χ3n) is 2.52. The Morgan fingerprint density at radius 3 is 2.75 bits per heavy atom. The number of rotatable bonds is 5. The van der Waals surface area contributed by atoms with Crippen LogP contribution in [0.25, 0.3) is 0 Å². The van der Waals surface area contributed by atoms with Gasteiger partial charge in [0.2, 0.25) is 0 Å². The van der Waals surface area contributed by atoms with Crippen LogP contribution in [0.1, 0.15) is 31.9 Å². The maximum absolute atomic E-state index is 13.5. The topological polar surface area (TPSA) is 32.3 Å². The zero-order valence-electron chi connectivity index (χ0n) is 9.50. The Hall–Kier alpha value is -0.450. The van der Waals surface area contributed by atoms with Gasteiger partial charge in [-0.15, -0.1) is 0 Å². The lowest BCUT2D eigenvalue weighted by molar-refractivity contribution is 0.264. The fourth-order valence-electron chi connectivity index (χ4n) is 1.64. The summed E-state index contributed by atoms with van der Waals surface area (Å²) in [6.07, 6.45) is 0.667. The Morgan fingerprint density at radius 2 is 2.12 bits per heavy atom. The van der Waals surface area contributed by atoms with Gasteiger partial charge in [-0.05, 0) is 38.5 Å². The molecular formula is C12H17BrFNO. The van der Waals surface area contributed by atoms with Gasteiger partial charge >= 0.3 is 0 Å². The van der Waals surface area contributed by atoms with Crippen molar-refractivity contribution in [3.05, 3.63) is 34.1 Å². The molecule has 0 saturated carbocycles. The Kier molecular flexibility index (Phi) is 5.38. The molecule has 0 radical (unpaired) electrons. The number of hydrogen-bond donors (Lipinski definition) is 2. The van der Waals surface area contributed by atoms with Gasteiger partial charge in [0.15, 0.2) is 0 Å². The van der Waals surface area contributed by atoms with E-state index in [0.717, 1.165) is 4.47 Å². The molecule has 0 bridgehead atoms. The highest BCUT2D eigenvalue weighted by atomic mass is 79.9. The van der Waals surface area contributed by atoms with Gasteiger partial charge in [-0.3, -0.25) is 0 Å². The molecule has 1 unspecified atom stereocenters. The third-order valence-corrected chi connectivity index (χ3v) is 3.01. The molecule has 0 amide bonds. The minimum Gasteiger partial charge on any atom is -0.396 e. The van der Waals surface area contributed by atoms with E-state index < -0.39 is 0 Å². The number of halogens is 2. The average Bonchev–Trinajstić information content (AvgIpc) is 2.21. The highest BCUT2D eigenvalue weighted by Crippen LogP contribution is 2.22.